The van der Waals surface area contributed by atoms with Crippen LogP contribution in [0, 0.1) is 18.6 Å². The first-order chi connectivity index (χ1) is 14.3. The lowest BCUT2D eigenvalue weighted by Crippen LogP contribution is -2.15. The Hall–Kier alpha value is -3.48. The fourth-order valence-corrected chi connectivity index (χ4v) is 3.06. The number of aryl methyl sites for hydroxylation is 1. The number of methoxy groups -OCH3 is 1. The largest absolute Gasteiger partial charge is 0.481 e. The molecule has 0 saturated carbocycles. The maximum atomic E-state index is 14.0. The number of carbonyl (C=O) groups excluding carboxylic acids is 1. The average Bonchev–Trinajstić information content (AvgIpc) is 2.70. The fourth-order valence-electron chi connectivity index (χ4n) is 3.06. The third-order valence-electron chi connectivity index (χ3n) is 4.65. The summed E-state index contributed by atoms with van der Waals surface area (Å²) in [4.78, 5) is 17.2. The number of hydrogen-bond acceptors (Lipinski definition) is 4. The summed E-state index contributed by atoms with van der Waals surface area (Å²) < 4.78 is 32.7. The number of benzene rings is 2. The van der Waals surface area contributed by atoms with Crippen LogP contribution >= 0.6 is 0 Å². The number of nitrogens with one attached hydrogen (secondary N) is 2. The minimum Gasteiger partial charge on any atom is -0.481 e. The van der Waals surface area contributed by atoms with Crippen molar-refractivity contribution >= 4 is 23.0 Å². The second kappa shape index (κ2) is 8.90. The average molecular weight is 411 g/mol. The molecule has 0 radical (unpaired) electrons. The molecule has 2 aromatic carbocycles. The Morgan fingerprint density at radius 1 is 0.967 bits per heavy atom. The van der Waals surface area contributed by atoms with E-state index in [9.17, 15) is 13.6 Å². The van der Waals surface area contributed by atoms with Crippen molar-refractivity contribution < 1.29 is 18.3 Å². The van der Waals surface area contributed by atoms with Crippen LogP contribution in [0.4, 0.5) is 25.8 Å². The van der Waals surface area contributed by atoms with Crippen molar-refractivity contribution in [2.75, 3.05) is 17.7 Å². The quantitative estimate of drug-likeness (QED) is 0.538. The molecule has 0 atom stereocenters. The fraction of sp³-hybridized carbons (Fsp3) is 0.217. The minimum atomic E-state index is -0.496. The Balaban J connectivity index is 1.93. The zero-order valence-corrected chi connectivity index (χ0v) is 17.2. The van der Waals surface area contributed by atoms with Gasteiger partial charge in [-0.05, 0) is 60.9 Å². The van der Waals surface area contributed by atoms with Crippen LogP contribution in [0.25, 0.3) is 0 Å². The molecule has 0 aliphatic carbocycles. The lowest BCUT2D eigenvalue weighted by molar-refractivity contribution is 0.102. The monoisotopic (exact) mass is 411 g/mol. The predicted octanol–water partition coefficient (Wildman–Crippen LogP) is 5.80. The van der Waals surface area contributed by atoms with E-state index in [4.69, 9.17) is 4.74 Å². The van der Waals surface area contributed by atoms with Crippen LogP contribution in [0.15, 0.2) is 48.5 Å². The molecule has 7 heteroatoms. The number of rotatable bonds is 6. The van der Waals surface area contributed by atoms with E-state index in [1.165, 1.54) is 37.4 Å². The van der Waals surface area contributed by atoms with E-state index in [0.717, 1.165) is 5.56 Å². The summed E-state index contributed by atoms with van der Waals surface area (Å²) in [6, 6.07) is 11.5. The van der Waals surface area contributed by atoms with Gasteiger partial charge in [0.2, 0.25) is 5.88 Å². The van der Waals surface area contributed by atoms with Gasteiger partial charge in [-0.2, -0.15) is 0 Å². The third-order valence-corrected chi connectivity index (χ3v) is 4.65. The van der Waals surface area contributed by atoms with Crippen LogP contribution in [0.3, 0.4) is 0 Å². The minimum absolute atomic E-state index is 0.0297. The molecular weight excluding hydrogens is 388 g/mol. The normalized spacial score (nSPS) is 10.8. The molecule has 0 unspecified atom stereocenters. The Bertz CT molecular complexity index is 1080. The predicted molar refractivity (Wildman–Crippen MR) is 114 cm³/mol. The van der Waals surface area contributed by atoms with Crippen LogP contribution < -0.4 is 15.4 Å². The van der Waals surface area contributed by atoms with Crippen LogP contribution in [0.1, 0.15) is 41.4 Å². The van der Waals surface area contributed by atoms with Crippen molar-refractivity contribution in [3.8, 4) is 5.88 Å². The summed E-state index contributed by atoms with van der Waals surface area (Å²) >= 11 is 0. The first kappa shape index (κ1) is 21.2. The van der Waals surface area contributed by atoms with E-state index >= 15 is 0 Å². The van der Waals surface area contributed by atoms with Gasteiger partial charge in [0.25, 0.3) is 5.91 Å². The van der Waals surface area contributed by atoms with E-state index in [0.29, 0.717) is 22.9 Å². The highest BCUT2D eigenvalue weighted by molar-refractivity contribution is 6.08. The second-order valence-corrected chi connectivity index (χ2v) is 7.14. The molecule has 1 heterocycles. The standard InChI is InChI=1S/C23H23F2N3O2/c1-13(2)18-11-15(24)6-8-20(18)27-21-12-16(25)5-7-17(21)23(29)28-19-9-10-22(30-4)26-14(19)3/h5-13,27H,1-4H3,(H,28,29). The molecular formula is C23H23F2N3O2. The zero-order chi connectivity index (χ0) is 21.8. The van der Waals surface area contributed by atoms with Gasteiger partial charge in [0, 0.05) is 11.8 Å². The summed E-state index contributed by atoms with van der Waals surface area (Å²) in [5.41, 5.74) is 2.95. The molecule has 2 N–H and O–H groups in total. The highest BCUT2D eigenvalue weighted by Crippen LogP contribution is 2.30. The number of carbonyl (C=O) groups is 1. The SMILES string of the molecule is COc1ccc(NC(=O)c2ccc(F)cc2Nc2ccc(F)cc2C(C)C)c(C)n1. The molecule has 0 aliphatic heterocycles. The zero-order valence-electron chi connectivity index (χ0n) is 17.2. The van der Waals surface area contributed by atoms with Crippen molar-refractivity contribution in [3.63, 3.8) is 0 Å². The van der Waals surface area contributed by atoms with Gasteiger partial charge in [0.15, 0.2) is 0 Å². The van der Waals surface area contributed by atoms with Crippen LogP contribution in [0.2, 0.25) is 0 Å². The summed E-state index contributed by atoms with van der Waals surface area (Å²) in [5.74, 6) is -0.816. The maximum Gasteiger partial charge on any atom is 0.257 e. The number of nitrogens with zero attached hydrogens (tertiary/aromatic N) is 1. The number of hydrogen-bond donors (Lipinski definition) is 2. The number of halogens is 2. The molecule has 0 saturated heterocycles. The summed E-state index contributed by atoms with van der Waals surface area (Å²) in [6.07, 6.45) is 0. The lowest BCUT2D eigenvalue weighted by atomic mass is 10.0. The molecule has 5 nitrogen and oxygen atoms in total. The number of amides is 1. The Labute approximate surface area is 174 Å². The Morgan fingerprint density at radius 2 is 1.63 bits per heavy atom. The van der Waals surface area contributed by atoms with E-state index in [1.807, 2.05) is 13.8 Å². The number of aromatic nitrogens is 1. The maximum absolute atomic E-state index is 14.0. The van der Waals surface area contributed by atoms with Gasteiger partial charge in [-0.15, -0.1) is 0 Å². The number of pyridine rings is 1. The van der Waals surface area contributed by atoms with Gasteiger partial charge < -0.3 is 15.4 Å². The van der Waals surface area contributed by atoms with Crippen molar-refractivity contribution in [1.29, 1.82) is 0 Å². The van der Waals surface area contributed by atoms with Crippen molar-refractivity contribution in [2.45, 2.75) is 26.7 Å². The van der Waals surface area contributed by atoms with E-state index in [-0.39, 0.29) is 23.0 Å². The first-order valence-electron chi connectivity index (χ1n) is 9.47. The van der Waals surface area contributed by atoms with E-state index in [2.05, 4.69) is 15.6 Å². The Kier molecular flexibility index (Phi) is 6.30. The molecule has 0 fully saturated rings. The number of anilines is 3. The third kappa shape index (κ3) is 4.74. The van der Waals surface area contributed by atoms with E-state index < -0.39 is 11.7 Å². The highest BCUT2D eigenvalue weighted by Gasteiger charge is 2.16. The molecule has 3 rings (SSSR count). The van der Waals surface area contributed by atoms with Gasteiger partial charge in [-0.3, -0.25) is 4.79 Å². The molecule has 1 amide bonds. The number of ether oxygens (including phenoxy) is 1. The summed E-state index contributed by atoms with van der Waals surface area (Å²) in [6.45, 7) is 5.60. The van der Waals surface area contributed by atoms with Crippen molar-refractivity contribution in [1.82, 2.24) is 4.98 Å². The lowest BCUT2D eigenvalue weighted by Gasteiger charge is -2.17. The van der Waals surface area contributed by atoms with Gasteiger partial charge in [-0.1, -0.05) is 13.8 Å². The van der Waals surface area contributed by atoms with E-state index in [1.54, 1.807) is 25.1 Å². The van der Waals surface area contributed by atoms with Crippen LogP contribution in [0.5, 0.6) is 5.88 Å². The molecule has 1 aromatic heterocycles. The van der Waals surface area contributed by atoms with Crippen LogP contribution in [-0.2, 0) is 0 Å². The van der Waals surface area contributed by atoms with Crippen LogP contribution in [-0.4, -0.2) is 18.0 Å². The van der Waals surface area contributed by atoms with Gasteiger partial charge in [0.1, 0.15) is 11.6 Å². The molecule has 0 bridgehead atoms. The van der Waals surface area contributed by atoms with Gasteiger partial charge >= 0.3 is 0 Å². The molecule has 30 heavy (non-hydrogen) atoms. The smallest absolute Gasteiger partial charge is 0.257 e. The Morgan fingerprint density at radius 3 is 2.30 bits per heavy atom. The molecule has 0 spiro atoms. The molecule has 0 aliphatic rings. The van der Waals surface area contributed by atoms with Gasteiger partial charge in [0.05, 0.1) is 29.7 Å². The summed E-state index contributed by atoms with van der Waals surface area (Å²) in [5, 5.41) is 5.88. The molecule has 3 aromatic rings. The van der Waals surface area contributed by atoms with Gasteiger partial charge in [-0.25, -0.2) is 13.8 Å². The second-order valence-electron chi connectivity index (χ2n) is 7.14. The summed E-state index contributed by atoms with van der Waals surface area (Å²) in [7, 11) is 1.51. The molecule has 156 valence electrons. The first-order valence-corrected chi connectivity index (χ1v) is 9.47. The highest BCUT2D eigenvalue weighted by atomic mass is 19.1. The van der Waals surface area contributed by atoms with Crippen molar-refractivity contribution in [3.05, 3.63) is 77.0 Å². The van der Waals surface area contributed by atoms with Crippen molar-refractivity contribution in [2.24, 2.45) is 0 Å². The topological polar surface area (TPSA) is 63.2 Å².